The minimum atomic E-state index is 0.120. The van der Waals surface area contributed by atoms with E-state index >= 15 is 0 Å². The topological polar surface area (TPSA) is 32.3 Å². The number of piperidine rings is 1. The zero-order chi connectivity index (χ0) is 15.2. The van der Waals surface area contributed by atoms with Crippen LogP contribution >= 0.6 is 35.0 Å². The standard InChI is InChI=1S/C15H20Cl2N2OS/c1-19-6-4-12(5-7-19)18-15(20)10-21-9-11-2-3-13(16)14(17)8-11/h2-3,8,12H,4-7,9-10H2,1H3,(H,18,20). The van der Waals surface area contributed by atoms with Gasteiger partial charge < -0.3 is 10.2 Å². The molecule has 1 aromatic rings. The van der Waals surface area contributed by atoms with Gasteiger partial charge in [-0.2, -0.15) is 0 Å². The summed E-state index contributed by atoms with van der Waals surface area (Å²) in [7, 11) is 2.12. The third-order valence-electron chi connectivity index (χ3n) is 3.57. The molecule has 3 nitrogen and oxygen atoms in total. The van der Waals surface area contributed by atoms with Crippen molar-refractivity contribution >= 4 is 40.9 Å². The summed E-state index contributed by atoms with van der Waals surface area (Å²) >= 11 is 13.4. The Hall–Kier alpha value is -0.420. The average molecular weight is 347 g/mol. The van der Waals surface area contributed by atoms with Gasteiger partial charge in [0.1, 0.15) is 0 Å². The molecule has 0 spiro atoms. The maximum Gasteiger partial charge on any atom is 0.230 e. The van der Waals surface area contributed by atoms with Gasteiger partial charge in [-0.1, -0.05) is 29.3 Å². The summed E-state index contributed by atoms with van der Waals surface area (Å²) in [6.45, 7) is 2.11. The predicted molar refractivity (Wildman–Crippen MR) is 91.3 cm³/mol. The minimum Gasteiger partial charge on any atom is -0.353 e. The second-order valence-corrected chi connectivity index (χ2v) is 7.19. The molecule has 1 heterocycles. The van der Waals surface area contributed by atoms with Gasteiger partial charge in [0, 0.05) is 11.8 Å². The number of carbonyl (C=O) groups is 1. The van der Waals surface area contributed by atoms with E-state index in [1.54, 1.807) is 17.8 Å². The van der Waals surface area contributed by atoms with Crippen molar-refractivity contribution in [3.8, 4) is 0 Å². The van der Waals surface area contributed by atoms with Gasteiger partial charge >= 0.3 is 0 Å². The van der Waals surface area contributed by atoms with Crippen LogP contribution in [-0.4, -0.2) is 42.7 Å². The van der Waals surface area contributed by atoms with E-state index in [0.29, 0.717) is 21.8 Å². The fourth-order valence-electron chi connectivity index (χ4n) is 2.31. The molecule has 2 rings (SSSR count). The van der Waals surface area contributed by atoms with Crippen molar-refractivity contribution < 1.29 is 4.79 Å². The van der Waals surface area contributed by atoms with Gasteiger partial charge in [0.15, 0.2) is 0 Å². The van der Waals surface area contributed by atoms with E-state index in [-0.39, 0.29) is 5.91 Å². The maximum atomic E-state index is 11.9. The first-order valence-electron chi connectivity index (χ1n) is 7.04. The Morgan fingerprint density at radius 2 is 2.05 bits per heavy atom. The molecule has 116 valence electrons. The number of benzene rings is 1. The van der Waals surface area contributed by atoms with Gasteiger partial charge in [-0.05, 0) is 50.7 Å². The molecule has 1 aliphatic heterocycles. The monoisotopic (exact) mass is 346 g/mol. The smallest absolute Gasteiger partial charge is 0.230 e. The third-order valence-corrected chi connectivity index (χ3v) is 5.31. The second kappa shape index (κ2) is 8.28. The number of halogens is 2. The molecule has 0 radical (unpaired) electrons. The molecular weight excluding hydrogens is 327 g/mol. The van der Waals surface area contributed by atoms with E-state index in [2.05, 4.69) is 17.3 Å². The lowest BCUT2D eigenvalue weighted by molar-refractivity contribution is -0.119. The lowest BCUT2D eigenvalue weighted by Crippen LogP contribution is -2.43. The Balaban J connectivity index is 1.68. The molecule has 1 amide bonds. The molecule has 1 aromatic carbocycles. The number of carbonyl (C=O) groups excluding carboxylic acids is 1. The van der Waals surface area contributed by atoms with Crippen molar-refractivity contribution in [2.24, 2.45) is 0 Å². The number of nitrogens with one attached hydrogen (secondary N) is 1. The molecule has 0 aromatic heterocycles. The number of thioether (sulfide) groups is 1. The summed E-state index contributed by atoms with van der Waals surface area (Å²) in [5.74, 6) is 1.36. The van der Waals surface area contributed by atoms with Crippen LogP contribution in [-0.2, 0) is 10.5 Å². The van der Waals surface area contributed by atoms with Gasteiger partial charge in [0.25, 0.3) is 0 Å². The number of hydrogen-bond donors (Lipinski definition) is 1. The van der Waals surface area contributed by atoms with Gasteiger partial charge in [-0.25, -0.2) is 0 Å². The number of hydrogen-bond acceptors (Lipinski definition) is 3. The van der Waals surface area contributed by atoms with E-state index in [4.69, 9.17) is 23.2 Å². The normalized spacial score (nSPS) is 16.9. The Morgan fingerprint density at radius 3 is 2.71 bits per heavy atom. The van der Waals surface area contributed by atoms with Crippen LogP contribution < -0.4 is 5.32 Å². The highest BCUT2D eigenvalue weighted by Crippen LogP contribution is 2.24. The fourth-order valence-corrected chi connectivity index (χ4v) is 3.42. The van der Waals surface area contributed by atoms with Crippen LogP contribution in [0.4, 0.5) is 0 Å². The fraction of sp³-hybridized carbons (Fsp3) is 0.533. The van der Waals surface area contributed by atoms with Crippen molar-refractivity contribution in [2.75, 3.05) is 25.9 Å². The Kier molecular flexibility index (Phi) is 6.68. The molecule has 0 saturated carbocycles. The van der Waals surface area contributed by atoms with Crippen LogP contribution in [0.15, 0.2) is 18.2 Å². The lowest BCUT2D eigenvalue weighted by Gasteiger charge is -2.29. The molecule has 1 aliphatic rings. The molecule has 0 atom stereocenters. The summed E-state index contributed by atoms with van der Waals surface area (Å²) < 4.78 is 0. The lowest BCUT2D eigenvalue weighted by atomic mass is 10.1. The molecule has 21 heavy (non-hydrogen) atoms. The number of nitrogens with zero attached hydrogens (tertiary/aromatic N) is 1. The highest BCUT2D eigenvalue weighted by atomic mass is 35.5. The van der Waals surface area contributed by atoms with Crippen molar-refractivity contribution in [3.63, 3.8) is 0 Å². The largest absolute Gasteiger partial charge is 0.353 e. The van der Waals surface area contributed by atoms with E-state index in [0.717, 1.165) is 37.2 Å². The highest BCUT2D eigenvalue weighted by molar-refractivity contribution is 7.99. The number of amides is 1. The van der Waals surface area contributed by atoms with Crippen LogP contribution in [0.5, 0.6) is 0 Å². The molecule has 1 fully saturated rings. The molecular formula is C15H20Cl2N2OS. The zero-order valence-corrected chi connectivity index (χ0v) is 14.4. The summed E-state index contributed by atoms with van der Waals surface area (Å²) in [5, 5.41) is 4.23. The first-order chi connectivity index (χ1) is 10.0. The number of likely N-dealkylation sites (tertiary alicyclic amines) is 1. The molecule has 6 heteroatoms. The first-order valence-corrected chi connectivity index (χ1v) is 8.95. The number of rotatable bonds is 5. The van der Waals surface area contributed by atoms with Gasteiger partial charge in [-0.3, -0.25) is 4.79 Å². The molecule has 1 saturated heterocycles. The molecule has 0 aliphatic carbocycles. The first kappa shape index (κ1) is 16.9. The minimum absolute atomic E-state index is 0.120. The summed E-state index contributed by atoms with van der Waals surface area (Å²) in [5.41, 5.74) is 1.08. The van der Waals surface area contributed by atoms with Crippen molar-refractivity contribution in [3.05, 3.63) is 33.8 Å². The SMILES string of the molecule is CN1CCC(NC(=O)CSCc2ccc(Cl)c(Cl)c2)CC1. The average Bonchev–Trinajstić information content (AvgIpc) is 2.45. The second-order valence-electron chi connectivity index (χ2n) is 5.39. The van der Waals surface area contributed by atoms with Crippen LogP contribution in [0.3, 0.4) is 0 Å². The van der Waals surface area contributed by atoms with Crippen LogP contribution in [0, 0.1) is 0 Å². The quantitative estimate of drug-likeness (QED) is 0.886. The molecule has 0 bridgehead atoms. The predicted octanol–water partition coefficient (Wildman–Crippen LogP) is 3.44. The van der Waals surface area contributed by atoms with Crippen LogP contribution in [0.25, 0.3) is 0 Å². The van der Waals surface area contributed by atoms with E-state index in [1.165, 1.54) is 0 Å². The van der Waals surface area contributed by atoms with E-state index in [9.17, 15) is 4.79 Å². The van der Waals surface area contributed by atoms with E-state index in [1.807, 2.05) is 12.1 Å². The van der Waals surface area contributed by atoms with Crippen LogP contribution in [0.2, 0.25) is 10.0 Å². The Labute approximate surface area is 140 Å². The highest BCUT2D eigenvalue weighted by Gasteiger charge is 2.18. The molecule has 0 unspecified atom stereocenters. The summed E-state index contributed by atoms with van der Waals surface area (Å²) in [6, 6.07) is 5.92. The van der Waals surface area contributed by atoms with Gasteiger partial charge in [0.05, 0.1) is 15.8 Å². The van der Waals surface area contributed by atoms with Crippen molar-refractivity contribution in [1.82, 2.24) is 10.2 Å². The van der Waals surface area contributed by atoms with E-state index < -0.39 is 0 Å². The van der Waals surface area contributed by atoms with Crippen LogP contribution in [0.1, 0.15) is 18.4 Å². The van der Waals surface area contributed by atoms with Crippen molar-refractivity contribution in [1.29, 1.82) is 0 Å². The van der Waals surface area contributed by atoms with Gasteiger partial charge in [-0.15, -0.1) is 11.8 Å². The van der Waals surface area contributed by atoms with Gasteiger partial charge in [0.2, 0.25) is 5.91 Å². The third kappa shape index (κ3) is 5.70. The Bertz CT molecular complexity index is 491. The molecule has 1 N–H and O–H groups in total. The summed E-state index contributed by atoms with van der Waals surface area (Å²) in [4.78, 5) is 14.2. The van der Waals surface area contributed by atoms with Crippen molar-refractivity contribution in [2.45, 2.75) is 24.6 Å². The zero-order valence-electron chi connectivity index (χ0n) is 12.1. The Morgan fingerprint density at radius 1 is 1.33 bits per heavy atom. The summed E-state index contributed by atoms with van der Waals surface area (Å²) in [6.07, 6.45) is 2.08. The maximum absolute atomic E-state index is 11.9.